The van der Waals surface area contributed by atoms with Gasteiger partial charge in [-0.05, 0) is 86.3 Å². The molecule has 2 aromatic rings. The number of alkyl carbamates (subject to hydrolysis) is 1. The van der Waals surface area contributed by atoms with Gasteiger partial charge in [0.15, 0.2) is 0 Å². The number of aliphatic hydroxyl groups excluding tert-OH is 1. The van der Waals surface area contributed by atoms with Crippen molar-refractivity contribution in [3.8, 4) is 0 Å². The number of carbonyl (C=O) groups excluding carboxylic acids is 3. The summed E-state index contributed by atoms with van der Waals surface area (Å²) >= 11 is 0. The Balaban J connectivity index is 1.82. The van der Waals surface area contributed by atoms with E-state index >= 15 is 0 Å². The number of aliphatic hydroxyl groups is 1. The number of hydrogen-bond donors (Lipinski definition) is 3. The molecular formula is C37H60N4O7. The minimum Gasteiger partial charge on any atom is -0.425 e. The Labute approximate surface area is 286 Å². The van der Waals surface area contributed by atoms with Crippen LogP contribution in [0.2, 0.25) is 0 Å². The lowest BCUT2D eigenvalue weighted by Crippen LogP contribution is -2.48. The molecular weight excluding hydrogens is 612 g/mol. The molecule has 1 aromatic heterocycles. The first-order chi connectivity index (χ1) is 22.7. The number of rotatable bonds is 20. The molecule has 0 bridgehead atoms. The van der Waals surface area contributed by atoms with Gasteiger partial charge in [0, 0.05) is 45.5 Å². The van der Waals surface area contributed by atoms with E-state index in [0.717, 1.165) is 54.3 Å². The Morgan fingerprint density at radius 3 is 2.33 bits per heavy atom. The van der Waals surface area contributed by atoms with Crippen molar-refractivity contribution < 1.29 is 33.7 Å². The fraction of sp³-hybridized carbons (Fsp3) is 0.730. The minimum absolute atomic E-state index is 0.00730. The fourth-order valence-electron chi connectivity index (χ4n) is 6.08. The molecule has 3 rings (SSSR count). The molecule has 270 valence electrons. The van der Waals surface area contributed by atoms with Gasteiger partial charge in [0.05, 0.1) is 29.3 Å². The van der Waals surface area contributed by atoms with Crippen molar-refractivity contribution in [3.63, 3.8) is 0 Å². The van der Waals surface area contributed by atoms with Gasteiger partial charge in [-0.3, -0.25) is 14.3 Å². The van der Waals surface area contributed by atoms with Crippen LogP contribution in [0.4, 0.5) is 4.79 Å². The summed E-state index contributed by atoms with van der Waals surface area (Å²) in [5, 5.41) is 23.5. The first kappa shape index (κ1) is 39.3. The van der Waals surface area contributed by atoms with Gasteiger partial charge in [-0.25, -0.2) is 4.79 Å². The maximum Gasteiger partial charge on any atom is 0.410 e. The first-order valence-electron chi connectivity index (χ1n) is 17.8. The van der Waals surface area contributed by atoms with Crippen LogP contribution in [0.5, 0.6) is 0 Å². The molecule has 2 amide bonds. The van der Waals surface area contributed by atoms with Crippen molar-refractivity contribution >= 4 is 28.9 Å². The lowest BCUT2D eigenvalue weighted by atomic mass is 9.80. The summed E-state index contributed by atoms with van der Waals surface area (Å²) in [5.41, 5.74) is 3.25. The SMILES string of the molecule is COCCCc1nn(C)c2ccc(C[C@H](C[C@H](NC(=O)OC(C)OC(=O)C(C)C)[C@H](O)C[C@H](C(=O)NCC3CC3)C(C)C)C(C)C)cc12. The van der Waals surface area contributed by atoms with Gasteiger partial charge in [-0.2, -0.15) is 5.10 Å². The van der Waals surface area contributed by atoms with Crippen LogP contribution in [0, 0.1) is 35.5 Å². The van der Waals surface area contributed by atoms with E-state index in [1.807, 2.05) is 25.6 Å². The molecule has 48 heavy (non-hydrogen) atoms. The van der Waals surface area contributed by atoms with E-state index in [2.05, 4.69) is 42.7 Å². The topological polar surface area (TPSA) is 141 Å². The molecule has 1 aromatic carbocycles. The number of carbonyl (C=O) groups is 3. The predicted octanol–water partition coefficient (Wildman–Crippen LogP) is 5.55. The molecule has 1 aliphatic rings. The third-order valence-corrected chi connectivity index (χ3v) is 9.44. The van der Waals surface area contributed by atoms with Gasteiger partial charge in [0.1, 0.15) is 0 Å². The monoisotopic (exact) mass is 672 g/mol. The van der Waals surface area contributed by atoms with Crippen LogP contribution in [0.25, 0.3) is 10.9 Å². The Hall–Kier alpha value is -3.18. The molecule has 3 N–H and O–H groups in total. The second-order valence-electron chi connectivity index (χ2n) is 14.6. The summed E-state index contributed by atoms with van der Waals surface area (Å²) in [6.07, 6.45) is 2.43. The Morgan fingerprint density at radius 2 is 1.73 bits per heavy atom. The molecule has 0 aliphatic heterocycles. The largest absolute Gasteiger partial charge is 0.425 e. The summed E-state index contributed by atoms with van der Waals surface area (Å²) < 4.78 is 17.8. The van der Waals surface area contributed by atoms with E-state index in [9.17, 15) is 19.5 Å². The number of nitrogens with one attached hydrogen (secondary N) is 2. The number of aromatic nitrogens is 2. The van der Waals surface area contributed by atoms with Gasteiger partial charge in [0.2, 0.25) is 12.2 Å². The van der Waals surface area contributed by atoms with Crippen LogP contribution in [0.1, 0.15) is 91.8 Å². The standard InChI is InChI=1S/C37H60N4O7/c1-22(2)28(17-27-14-15-33-30(18-27)31(40-41(33)8)11-10-16-46-9)19-32(39-37(45)48-25(7)47-36(44)24(5)6)34(42)20-29(23(3)4)35(43)38-21-26-12-13-26/h14-15,18,22-26,28-29,32,34,42H,10-13,16-17,19-21H2,1-9H3,(H,38,43)(H,39,45)/t25?,28-,29+,32+,34-/m1/s1. The number of esters is 1. The van der Waals surface area contributed by atoms with E-state index in [4.69, 9.17) is 19.3 Å². The van der Waals surface area contributed by atoms with Gasteiger partial charge in [-0.15, -0.1) is 0 Å². The van der Waals surface area contributed by atoms with Crippen molar-refractivity contribution in [2.24, 2.45) is 42.6 Å². The first-order valence-corrected chi connectivity index (χ1v) is 17.8. The maximum atomic E-state index is 13.2. The molecule has 0 saturated heterocycles. The molecule has 5 atom stereocenters. The molecule has 0 radical (unpaired) electrons. The molecule has 0 spiro atoms. The lowest BCUT2D eigenvalue weighted by molar-refractivity contribution is -0.168. The van der Waals surface area contributed by atoms with E-state index in [-0.39, 0.29) is 36.0 Å². The van der Waals surface area contributed by atoms with Crippen molar-refractivity contribution in [2.45, 2.75) is 112 Å². The van der Waals surface area contributed by atoms with Gasteiger partial charge in [0.25, 0.3) is 0 Å². The molecule has 1 unspecified atom stereocenters. The Bertz CT molecular complexity index is 1340. The third-order valence-electron chi connectivity index (χ3n) is 9.44. The van der Waals surface area contributed by atoms with Crippen LogP contribution < -0.4 is 10.6 Å². The summed E-state index contributed by atoms with van der Waals surface area (Å²) in [6, 6.07) is 5.72. The third kappa shape index (κ3) is 12.1. The highest BCUT2D eigenvalue weighted by atomic mass is 16.7. The fourth-order valence-corrected chi connectivity index (χ4v) is 6.08. The van der Waals surface area contributed by atoms with Crippen LogP contribution in [0.3, 0.4) is 0 Å². The second kappa shape index (κ2) is 18.5. The lowest BCUT2D eigenvalue weighted by Gasteiger charge is -2.32. The van der Waals surface area contributed by atoms with E-state index in [1.165, 1.54) is 6.92 Å². The number of nitrogens with zero attached hydrogens (tertiary/aromatic N) is 2. The summed E-state index contributed by atoms with van der Waals surface area (Å²) in [6.45, 7) is 14.5. The van der Waals surface area contributed by atoms with Crippen LogP contribution in [-0.4, -0.2) is 71.6 Å². The zero-order chi connectivity index (χ0) is 35.5. The molecule has 1 heterocycles. The number of methoxy groups -OCH3 is 1. The molecule has 1 saturated carbocycles. The van der Waals surface area contributed by atoms with Gasteiger partial charge >= 0.3 is 12.1 Å². The number of benzene rings is 1. The normalized spacial score (nSPS) is 16.5. The van der Waals surface area contributed by atoms with Crippen LogP contribution >= 0.6 is 0 Å². The summed E-state index contributed by atoms with van der Waals surface area (Å²) in [4.78, 5) is 38.4. The van der Waals surface area contributed by atoms with E-state index in [1.54, 1.807) is 21.0 Å². The molecule has 1 fully saturated rings. The summed E-state index contributed by atoms with van der Waals surface area (Å²) in [7, 11) is 3.66. The highest BCUT2D eigenvalue weighted by Crippen LogP contribution is 2.30. The Kier molecular flexibility index (Phi) is 15.2. The smallest absolute Gasteiger partial charge is 0.410 e. The summed E-state index contributed by atoms with van der Waals surface area (Å²) in [5.74, 6) is -0.507. The van der Waals surface area contributed by atoms with Crippen molar-refractivity contribution in [1.29, 1.82) is 0 Å². The van der Waals surface area contributed by atoms with E-state index in [0.29, 0.717) is 25.5 Å². The minimum atomic E-state index is -1.10. The average Bonchev–Trinajstić information content (AvgIpc) is 3.80. The number of ether oxygens (including phenoxy) is 3. The number of hydrogen-bond acceptors (Lipinski definition) is 8. The van der Waals surface area contributed by atoms with E-state index < -0.39 is 36.4 Å². The second-order valence-corrected chi connectivity index (χ2v) is 14.6. The zero-order valence-corrected chi connectivity index (χ0v) is 30.6. The van der Waals surface area contributed by atoms with Crippen molar-refractivity contribution in [2.75, 3.05) is 20.3 Å². The van der Waals surface area contributed by atoms with Crippen molar-refractivity contribution in [1.82, 2.24) is 20.4 Å². The van der Waals surface area contributed by atoms with Gasteiger partial charge < -0.3 is 30.0 Å². The highest BCUT2D eigenvalue weighted by Gasteiger charge is 2.34. The predicted molar refractivity (Wildman–Crippen MR) is 186 cm³/mol. The average molecular weight is 673 g/mol. The number of amides is 2. The number of fused-ring (bicyclic) bond motifs is 1. The molecule has 11 nitrogen and oxygen atoms in total. The highest BCUT2D eigenvalue weighted by molar-refractivity contribution is 5.83. The molecule has 11 heteroatoms. The number of aryl methyl sites for hydroxylation is 2. The van der Waals surface area contributed by atoms with Crippen molar-refractivity contribution in [3.05, 3.63) is 29.5 Å². The quantitative estimate of drug-likeness (QED) is 0.0946. The van der Waals surface area contributed by atoms with Crippen LogP contribution in [0.15, 0.2) is 18.2 Å². The maximum absolute atomic E-state index is 13.2. The zero-order valence-electron chi connectivity index (χ0n) is 30.6. The van der Waals surface area contributed by atoms with Gasteiger partial charge in [-0.1, -0.05) is 47.6 Å². The Morgan fingerprint density at radius 1 is 1.02 bits per heavy atom. The molecule has 1 aliphatic carbocycles. The van der Waals surface area contributed by atoms with Crippen LogP contribution in [-0.2, 0) is 43.7 Å².